The molecule has 17 heteroatoms. The van der Waals surface area contributed by atoms with E-state index < -0.39 is 55.2 Å². The Morgan fingerprint density at radius 2 is 1.15 bits per heavy atom. The van der Waals surface area contributed by atoms with Crippen molar-refractivity contribution in [2.24, 2.45) is 4.99 Å². The summed E-state index contributed by atoms with van der Waals surface area (Å²) in [7, 11) is -8.55. The minimum absolute atomic E-state index is 0.0444. The van der Waals surface area contributed by atoms with Gasteiger partial charge in [-0.3, -0.25) is 14.2 Å². The largest absolute Gasteiger partial charge is 0.356 e. The predicted molar refractivity (Wildman–Crippen MR) is 187 cm³/mol. The summed E-state index contributed by atoms with van der Waals surface area (Å²) >= 11 is 0. The van der Waals surface area contributed by atoms with Crippen LogP contribution in [0.1, 0.15) is 15.9 Å². The molecule has 0 saturated carbocycles. The summed E-state index contributed by atoms with van der Waals surface area (Å²) in [6.07, 6.45) is 0.919. The molecular formula is C35H29FN6O8S2. The quantitative estimate of drug-likeness (QED) is 0.109. The zero-order valence-electron chi connectivity index (χ0n) is 27.0. The molecule has 0 unspecified atom stereocenters. The molecule has 1 saturated heterocycles. The van der Waals surface area contributed by atoms with Crippen LogP contribution < -0.4 is 9.44 Å². The Morgan fingerprint density at radius 1 is 0.635 bits per heavy atom. The molecule has 4 aromatic carbocycles. The van der Waals surface area contributed by atoms with Gasteiger partial charge in [-0.05, 0) is 36.4 Å². The second-order valence-corrected chi connectivity index (χ2v) is 14.8. The molecule has 266 valence electrons. The molecule has 2 N–H and O–H groups in total. The van der Waals surface area contributed by atoms with Crippen molar-refractivity contribution in [3.05, 3.63) is 132 Å². The van der Waals surface area contributed by atoms with Crippen LogP contribution in [0.25, 0.3) is 10.9 Å². The van der Waals surface area contributed by atoms with E-state index in [1.54, 1.807) is 47.4 Å². The van der Waals surface area contributed by atoms with Crippen LogP contribution in [-0.4, -0.2) is 87.0 Å². The lowest BCUT2D eigenvalue weighted by molar-refractivity contribution is -0.127. The van der Waals surface area contributed by atoms with Gasteiger partial charge in [-0.15, -0.1) is 0 Å². The Balaban J connectivity index is 1.20. The molecule has 14 nitrogen and oxygen atoms in total. The lowest BCUT2D eigenvalue weighted by atomic mass is 10.1. The molecular weight excluding hydrogens is 716 g/mol. The van der Waals surface area contributed by atoms with E-state index in [0.29, 0.717) is 5.56 Å². The molecule has 0 aliphatic carbocycles. The summed E-state index contributed by atoms with van der Waals surface area (Å²) < 4.78 is 70.8. The van der Waals surface area contributed by atoms with Crippen molar-refractivity contribution in [3.63, 3.8) is 0 Å². The van der Waals surface area contributed by atoms with Crippen LogP contribution >= 0.6 is 0 Å². The number of Topliss-reactive ketones (excluding diaryl/α,β-unsaturated/α-hetero) is 1. The number of carbonyl (C=O) groups is 4. The molecule has 5 aromatic rings. The van der Waals surface area contributed by atoms with Crippen LogP contribution in [-0.2, 0) is 24.8 Å². The van der Waals surface area contributed by atoms with Crippen molar-refractivity contribution in [2.75, 3.05) is 26.2 Å². The number of ketones is 1. The molecule has 6 rings (SSSR count). The average Bonchev–Trinajstić information content (AvgIpc) is 3.55. The number of nitrogens with zero attached hydrogens (tertiary/aromatic N) is 4. The number of nitrogens with one attached hydrogen (secondary N) is 2. The molecule has 0 spiro atoms. The van der Waals surface area contributed by atoms with E-state index in [4.69, 9.17) is 0 Å². The van der Waals surface area contributed by atoms with E-state index in [2.05, 4.69) is 4.99 Å². The number of aromatic nitrogens is 1. The van der Waals surface area contributed by atoms with Crippen LogP contribution in [0.3, 0.4) is 0 Å². The number of halogens is 1. The Hall–Kier alpha value is -6.20. The van der Waals surface area contributed by atoms with Gasteiger partial charge in [-0.25, -0.2) is 40.3 Å². The third-order valence-electron chi connectivity index (χ3n) is 8.09. The van der Waals surface area contributed by atoms with Crippen LogP contribution in [0.15, 0.2) is 130 Å². The summed E-state index contributed by atoms with van der Waals surface area (Å²) in [5.41, 5.74) is -0.102. The number of aliphatic imine (C=N–C) groups is 1. The smallest absolute Gasteiger partial charge is 0.352 e. The summed E-state index contributed by atoms with van der Waals surface area (Å²) in [4.78, 5) is 59.8. The number of hydrogen-bond donors (Lipinski definition) is 2. The van der Waals surface area contributed by atoms with Gasteiger partial charge in [0.1, 0.15) is 11.7 Å². The number of sulfonamides is 2. The fraction of sp³-hybridized carbons (Fsp3) is 0.114. The number of carbonyl (C=O) groups excluding carboxylic acids is 4. The first-order chi connectivity index (χ1) is 24.9. The van der Waals surface area contributed by atoms with Crippen LogP contribution in [0.5, 0.6) is 0 Å². The first-order valence-electron chi connectivity index (χ1n) is 15.6. The number of amidine groups is 1. The first kappa shape index (κ1) is 35.6. The van der Waals surface area contributed by atoms with Crippen molar-refractivity contribution in [2.45, 2.75) is 9.79 Å². The second-order valence-electron chi connectivity index (χ2n) is 11.4. The summed E-state index contributed by atoms with van der Waals surface area (Å²) in [5.74, 6) is -2.93. The fourth-order valence-electron chi connectivity index (χ4n) is 5.58. The topological polar surface area (TPSA) is 184 Å². The zero-order valence-corrected chi connectivity index (χ0v) is 28.7. The third kappa shape index (κ3) is 7.45. The Bertz CT molecular complexity index is 2430. The molecule has 0 radical (unpaired) electrons. The number of benzene rings is 4. The van der Waals surface area contributed by atoms with Crippen molar-refractivity contribution in [1.82, 2.24) is 23.8 Å². The molecule has 1 aromatic heterocycles. The Kier molecular flexibility index (Phi) is 9.98. The van der Waals surface area contributed by atoms with Gasteiger partial charge >= 0.3 is 12.1 Å². The highest BCUT2D eigenvalue weighted by Gasteiger charge is 2.32. The monoisotopic (exact) mass is 744 g/mol. The maximum absolute atomic E-state index is 15.2. The normalized spacial score (nSPS) is 13.8. The first-order valence-corrected chi connectivity index (χ1v) is 18.6. The zero-order chi connectivity index (χ0) is 37.0. The van der Waals surface area contributed by atoms with Gasteiger partial charge in [-0.1, -0.05) is 72.8 Å². The minimum atomic E-state index is -4.34. The highest BCUT2D eigenvalue weighted by Crippen LogP contribution is 2.26. The lowest BCUT2D eigenvalue weighted by Gasteiger charge is -2.36. The highest BCUT2D eigenvalue weighted by molar-refractivity contribution is 7.90. The van der Waals surface area contributed by atoms with Gasteiger partial charge in [0.15, 0.2) is 0 Å². The van der Waals surface area contributed by atoms with Crippen molar-refractivity contribution >= 4 is 60.5 Å². The van der Waals surface area contributed by atoms with Crippen molar-refractivity contribution < 1.29 is 40.4 Å². The number of rotatable bonds is 7. The van der Waals surface area contributed by atoms with Crippen LogP contribution in [0.2, 0.25) is 0 Å². The van der Waals surface area contributed by atoms with Gasteiger partial charge in [-0.2, -0.15) is 4.99 Å². The number of amides is 4. The maximum Gasteiger partial charge on any atom is 0.356 e. The van der Waals surface area contributed by atoms with Crippen LogP contribution in [0.4, 0.5) is 14.0 Å². The van der Waals surface area contributed by atoms with Crippen molar-refractivity contribution in [1.29, 1.82) is 0 Å². The van der Waals surface area contributed by atoms with Gasteiger partial charge in [0.25, 0.3) is 31.7 Å². The van der Waals surface area contributed by atoms with Crippen molar-refractivity contribution in [3.8, 4) is 0 Å². The standard InChI is InChI=1S/C35H29FN6O8S2/c36-28-17-10-18-29-30(28)27(23-42(29)35(46)39-52(49,50)26-15-8-3-9-16-26)31(43)33(44)41-21-19-40(20-22-41)32(24-11-4-1-5-12-24)37-34(45)38-51(47,48)25-13-6-2-7-14-25/h1-18,23H,19-22H2,(H,38,45)(H,39,46)/b37-32-. The SMILES string of the molecule is O=C(/N=C(/c1ccccc1)N1CCN(C(=O)C(=O)c2cn(C(=O)NS(=O)(=O)c3ccccc3)c3cccc(F)c23)CC1)NS(=O)(=O)c1ccccc1. The Labute approximate surface area is 297 Å². The van der Waals surface area contributed by atoms with Crippen LogP contribution in [0, 0.1) is 5.82 Å². The van der Waals surface area contributed by atoms with E-state index >= 15 is 4.39 Å². The van der Waals surface area contributed by atoms with E-state index in [1.807, 2.05) is 9.44 Å². The molecule has 1 aliphatic heterocycles. The van der Waals surface area contributed by atoms with E-state index in [0.717, 1.165) is 16.8 Å². The minimum Gasteiger partial charge on any atom is -0.352 e. The summed E-state index contributed by atoms with van der Waals surface area (Å²) in [6.45, 7) is 0.0528. The van der Waals surface area contributed by atoms with E-state index in [-0.39, 0.29) is 52.7 Å². The molecule has 1 fully saturated rings. The second kappa shape index (κ2) is 14.6. The average molecular weight is 745 g/mol. The molecule has 4 amide bonds. The van der Waals surface area contributed by atoms with Gasteiger partial charge in [0.2, 0.25) is 0 Å². The van der Waals surface area contributed by atoms with Gasteiger partial charge < -0.3 is 9.80 Å². The molecule has 0 atom stereocenters. The Morgan fingerprint density at radius 3 is 1.73 bits per heavy atom. The van der Waals surface area contributed by atoms with E-state index in [1.165, 1.54) is 65.6 Å². The number of fused-ring (bicyclic) bond motifs is 1. The molecule has 52 heavy (non-hydrogen) atoms. The fourth-order valence-corrected chi connectivity index (χ4v) is 7.45. The number of piperazine rings is 1. The van der Waals surface area contributed by atoms with Gasteiger partial charge in [0, 0.05) is 43.3 Å². The maximum atomic E-state index is 15.2. The van der Waals surface area contributed by atoms with Gasteiger partial charge in [0.05, 0.1) is 20.9 Å². The number of hydrogen-bond acceptors (Lipinski definition) is 8. The lowest BCUT2D eigenvalue weighted by Crippen LogP contribution is -2.52. The third-order valence-corrected chi connectivity index (χ3v) is 10.8. The molecule has 1 aliphatic rings. The predicted octanol–water partition coefficient (Wildman–Crippen LogP) is 3.60. The molecule has 2 heterocycles. The summed E-state index contributed by atoms with van der Waals surface area (Å²) in [6, 6.07) is 24.1. The number of urea groups is 1. The highest BCUT2D eigenvalue weighted by atomic mass is 32.2. The summed E-state index contributed by atoms with van der Waals surface area (Å²) in [5, 5.41) is -0.346. The molecule has 0 bridgehead atoms. The van der Waals surface area contributed by atoms with E-state index in [9.17, 15) is 36.0 Å².